The standard InChI is InChI=1S/C10H4Br2FN3S/c11-5-1-2-6(7(13)3-5)8-4-16-10(14-8)17-9(12)15-16/h1-4H. The highest BCUT2D eigenvalue weighted by Gasteiger charge is 2.12. The fraction of sp³-hybridized carbons (Fsp3) is 0. The monoisotopic (exact) mass is 375 g/mol. The van der Waals surface area contributed by atoms with Crippen molar-refractivity contribution in [2.24, 2.45) is 0 Å². The molecule has 7 heteroatoms. The lowest BCUT2D eigenvalue weighted by molar-refractivity contribution is 0.630. The number of hydrogen-bond donors (Lipinski definition) is 0. The van der Waals surface area contributed by atoms with E-state index in [9.17, 15) is 4.39 Å². The van der Waals surface area contributed by atoms with Gasteiger partial charge in [-0.25, -0.2) is 13.9 Å². The van der Waals surface area contributed by atoms with Gasteiger partial charge in [-0.2, -0.15) is 0 Å². The Kier molecular flexibility index (Phi) is 2.76. The summed E-state index contributed by atoms with van der Waals surface area (Å²) in [6, 6.07) is 4.90. The maximum absolute atomic E-state index is 13.7. The molecular weight excluding hydrogens is 373 g/mol. The highest BCUT2D eigenvalue weighted by molar-refractivity contribution is 9.11. The quantitative estimate of drug-likeness (QED) is 0.639. The maximum Gasteiger partial charge on any atom is 0.213 e. The van der Waals surface area contributed by atoms with Gasteiger partial charge in [0.15, 0.2) is 3.92 Å². The van der Waals surface area contributed by atoms with Crippen LogP contribution < -0.4 is 0 Å². The zero-order valence-corrected chi connectivity index (χ0v) is 12.2. The molecule has 3 rings (SSSR count). The molecule has 0 saturated heterocycles. The summed E-state index contributed by atoms with van der Waals surface area (Å²) in [5.74, 6) is -0.302. The third-order valence-corrected chi connectivity index (χ3v) is 4.07. The van der Waals surface area contributed by atoms with Crippen molar-refractivity contribution >= 4 is 48.2 Å². The Morgan fingerprint density at radius 1 is 1.29 bits per heavy atom. The van der Waals surface area contributed by atoms with Crippen LogP contribution in [0.5, 0.6) is 0 Å². The predicted octanol–water partition coefficient (Wildman–Crippen LogP) is 4.12. The molecule has 3 nitrogen and oxygen atoms in total. The largest absolute Gasteiger partial charge is 0.217 e. The lowest BCUT2D eigenvalue weighted by atomic mass is 10.1. The molecule has 0 spiro atoms. The molecule has 0 fully saturated rings. The van der Waals surface area contributed by atoms with Crippen LogP contribution >= 0.6 is 43.2 Å². The topological polar surface area (TPSA) is 30.2 Å². The van der Waals surface area contributed by atoms with E-state index in [-0.39, 0.29) is 5.82 Å². The molecule has 2 aromatic heterocycles. The zero-order valence-electron chi connectivity index (χ0n) is 8.19. The highest BCUT2D eigenvalue weighted by Crippen LogP contribution is 2.27. The summed E-state index contributed by atoms with van der Waals surface area (Å²) < 4.78 is 16.8. The van der Waals surface area contributed by atoms with Gasteiger partial charge in [0.05, 0.1) is 11.9 Å². The van der Waals surface area contributed by atoms with Crippen molar-refractivity contribution in [3.05, 3.63) is 38.6 Å². The van der Waals surface area contributed by atoms with Gasteiger partial charge >= 0.3 is 0 Å². The Labute approximate surface area is 117 Å². The van der Waals surface area contributed by atoms with Crippen molar-refractivity contribution in [1.82, 2.24) is 14.6 Å². The number of nitrogens with zero attached hydrogens (tertiary/aromatic N) is 3. The summed E-state index contributed by atoms with van der Waals surface area (Å²) in [5, 5.41) is 4.16. The second kappa shape index (κ2) is 4.15. The maximum atomic E-state index is 13.7. The smallest absolute Gasteiger partial charge is 0.213 e. The number of fused-ring (bicyclic) bond motifs is 1. The van der Waals surface area contributed by atoms with E-state index >= 15 is 0 Å². The van der Waals surface area contributed by atoms with Crippen LogP contribution in [0.2, 0.25) is 0 Å². The van der Waals surface area contributed by atoms with Crippen LogP contribution in [-0.4, -0.2) is 14.6 Å². The second-order valence-electron chi connectivity index (χ2n) is 3.33. The van der Waals surface area contributed by atoms with Gasteiger partial charge < -0.3 is 0 Å². The van der Waals surface area contributed by atoms with Crippen molar-refractivity contribution in [3.8, 4) is 11.3 Å². The number of hydrogen-bond acceptors (Lipinski definition) is 3. The molecule has 0 aliphatic rings. The van der Waals surface area contributed by atoms with Gasteiger partial charge in [0, 0.05) is 10.0 Å². The van der Waals surface area contributed by atoms with Crippen LogP contribution in [-0.2, 0) is 0 Å². The Morgan fingerprint density at radius 3 is 2.82 bits per heavy atom. The Balaban J connectivity index is 2.16. The van der Waals surface area contributed by atoms with E-state index in [0.29, 0.717) is 15.7 Å². The van der Waals surface area contributed by atoms with Crippen LogP contribution in [0.15, 0.2) is 32.8 Å². The van der Waals surface area contributed by atoms with Gasteiger partial charge in [-0.1, -0.05) is 27.3 Å². The summed E-state index contributed by atoms with van der Waals surface area (Å²) in [7, 11) is 0. The van der Waals surface area contributed by atoms with Gasteiger partial charge in [0.2, 0.25) is 4.96 Å². The molecule has 0 amide bonds. The second-order valence-corrected chi connectivity index (χ2v) is 6.48. The molecule has 0 saturated carbocycles. The Bertz CT molecular complexity index is 675. The summed E-state index contributed by atoms with van der Waals surface area (Å²) in [5.41, 5.74) is 1.06. The molecule has 0 bridgehead atoms. The molecule has 0 unspecified atom stereocenters. The third kappa shape index (κ3) is 2.02. The fourth-order valence-electron chi connectivity index (χ4n) is 1.50. The molecule has 2 heterocycles. The van der Waals surface area contributed by atoms with Gasteiger partial charge in [-0.15, -0.1) is 5.10 Å². The first-order chi connectivity index (χ1) is 8.13. The highest BCUT2D eigenvalue weighted by atomic mass is 79.9. The lowest BCUT2D eigenvalue weighted by Gasteiger charge is -1.98. The first-order valence-electron chi connectivity index (χ1n) is 4.60. The fourth-order valence-corrected chi connectivity index (χ4v) is 3.05. The van der Waals surface area contributed by atoms with Crippen LogP contribution in [0.1, 0.15) is 0 Å². The molecule has 0 atom stereocenters. The number of aromatic nitrogens is 3. The molecule has 0 aliphatic heterocycles. The molecule has 0 N–H and O–H groups in total. The number of rotatable bonds is 1. The summed E-state index contributed by atoms with van der Waals surface area (Å²) in [6.45, 7) is 0. The van der Waals surface area contributed by atoms with Gasteiger partial charge in [-0.3, -0.25) is 0 Å². The summed E-state index contributed by atoms with van der Waals surface area (Å²) in [4.78, 5) is 5.06. The molecular formula is C10H4Br2FN3S. The molecule has 17 heavy (non-hydrogen) atoms. The van der Waals surface area contributed by atoms with E-state index in [0.717, 1.165) is 8.88 Å². The molecule has 0 radical (unpaired) electrons. The minimum Gasteiger partial charge on any atom is -0.217 e. The van der Waals surface area contributed by atoms with Crippen molar-refractivity contribution < 1.29 is 4.39 Å². The van der Waals surface area contributed by atoms with Crippen molar-refractivity contribution in [3.63, 3.8) is 0 Å². The van der Waals surface area contributed by atoms with E-state index in [1.54, 1.807) is 22.8 Å². The number of benzene rings is 1. The van der Waals surface area contributed by atoms with Crippen LogP contribution in [0, 0.1) is 5.82 Å². The molecule has 3 aromatic rings. The normalized spacial score (nSPS) is 11.2. The Morgan fingerprint density at radius 2 is 2.12 bits per heavy atom. The molecule has 0 aliphatic carbocycles. The van der Waals surface area contributed by atoms with E-state index in [1.165, 1.54) is 17.4 Å². The molecule has 86 valence electrons. The SMILES string of the molecule is Fc1cc(Br)ccc1-c1cn2nc(Br)sc2n1. The third-order valence-electron chi connectivity index (χ3n) is 2.23. The van der Waals surface area contributed by atoms with Crippen LogP contribution in [0.3, 0.4) is 0 Å². The van der Waals surface area contributed by atoms with E-state index in [4.69, 9.17) is 0 Å². The van der Waals surface area contributed by atoms with E-state index in [2.05, 4.69) is 41.9 Å². The number of halogens is 3. The summed E-state index contributed by atoms with van der Waals surface area (Å²) >= 11 is 7.90. The predicted molar refractivity (Wildman–Crippen MR) is 71.7 cm³/mol. The van der Waals surface area contributed by atoms with Crippen molar-refractivity contribution in [2.45, 2.75) is 0 Å². The van der Waals surface area contributed by atoms with Crippen molar-refractivity contribution in [2.75, 3.05) is 0 Å². The van der Waals surface area contributed by atoms with Crippen molar-refractivity contribution in [1.29, 1.82) is 0 Å². The summed E-state index contributed by atoms with van der Waals surface area (Å²) in [6.07, 6.45) is 1.71. The van der Waals surface area contributed by atoms with Gasteiger partial charge in [0.1, 0.15) is 5.82 Å². The minimum atomic E-state index is -0.302. The van der Waals surface area contributed by atoms with Crippen LogP contribution in [0.25, 0.3) is 16.2 Å². The Hall–Kier alpha value is -0.790. The van der Waals surface area contributed by atoms with E-state index in [1.807, 2.05) is 0 Å². The first-order valence-corrected chi connectivity index (χ1v) is 7.01. The van der Waals surface area contributed by atoms with Crippen LogP contribution in [0.4, 0.5) is 4.39 Å². The average molecular weight is 377 g/mol. The molecule has 1 aromatic carbocycles. The number of imidazole rings is 1. The van der Waals surface area contributed by atoms with Gasteiger partial charge in [0.25, 0.3) is 0 Å². The van der Waals surface area contributed by atoms with Gasteiger partial charge in [-0.05, 0) is 34.1 Å². The zero-order chi connectivity index (χ0) is 12.0. The van der Waals surface area contributed by atoms with E-state index < -0.39 is 0 Å². The first kappa shape index (κ1) is 11.3. The minimum absolute atomic E-state index is 0.302. The lowest BCUT2D eigenvalue weighted by Crippen LogP contribution is -1.84. The average Bonchev–Trinajstić information content (AvgIpc) is 2.74.